The zero-order valence-electron chi connectivity index (χ0n) is 43.8. The molecule has 12 atom stereocenters. The Kier molecular flexibility index (Phi) is 39.4. The molecule has 0 saturated carbocycles. The summed E-state index contributed by atoms with van der Waals surface area (Å²) < 4.78 is 22.7. The SMILES string of the molecule is CCCCCCCCCCCCCCCCCCCCCCCCCCCCCC(=O)NC(COC1OC(CO)C(OC2OC(CO)C(O)C(O)C2O)C(O)C1O)C(O)CCCCCCCCCC. The Hall–Kier alpha value is -1.01. The summed E-state index contributed by atoms with van der Waals surface area (Å²) in [5, 5.41) is 86.8. The molecule has 0 radical (unpaired) electrons. The minimum atomic E-state index is -1.78. The van der Waals surface area contributed by atoms with Crippen molar-refractivity contribution in [2.45, 2.75) is 325 Å². The molecule has 12 unspecified atom stereocenters. The number of carbonyl (C=O) groups excluding carboxylic acids is 1. The topological polar surface area (TPSA) is 228 Å². The van der Waals surface area contributed by atoms with Gasteiger partial charge in [-0.05, 0) is 12.8 Å². The highest BCUT2D eigenvalue weighted by molar-refractivity contribution is 5.76. The number of hydrogen-bond acceptors (Lipinski definition) is 13. The number of aliphatic hydroxyl groups excluding tert-OH is 8. The molecule has 14 nitrogen and oxygen atoms in total. The van der Waals surface area contributed by atoms with Gasteiger partial charge in [0.25, 0.3) is 0 Å². The van der Waals surface area contributed by atoms with Gasteiger partial charge in [0.05, 0.1) is 32.0 Å². The van der Waals surface area contributed by atoms with Crippen LogP contribution in [0.1, 0.15) is 251 Å². The summed E-state index contributed by atoms with van der Waals surface area (Å²) in [6, 6.07) is -0.820. The Morgan fingerprint density at radius 1 is 0.464 bits per heavy atom. The number of amides is 1. The van der Waals surface area contributed by atoms with Crippen molar-refractivity contribution in [2.24, 2.45) is 0 Å². The Morgan fingerprint density at radius 2 is 0.826 bits per heavy atom. The van der Waals surface area contributed by atoms with Crippen LogP contribution in [-0.4, -0.2) is 140 Å². The lowest BCUT2D eigenvalue weighted by Crippen LogP contribution is -2.65. The third-order valence-corrected chi connectivity index (χ3v) is 14.6. The molecule has 0 aliphatic carbocycles. The van der Waals surface area contributed by atoms with Crippen LogP contribution in [0.4, 0.5) is 0 Å². The van der Waals surface area contributed by atoms with Crippen molar-refractivity contribution in [3.05, 3.63) is 0 Å². The maximum absolute atomic E-state index is 13.2. The van der Waals surface area contributed by atoms with Crippen molar-refractivity contribution in [3.63, 3.8) is 0 Å². The van der Waals surface area contributed by atoms with Gasteiger partial charge in [-0.25, -0.2) is 0 Å². The smallest absolute Gasteiger partial charge is 0.220 e. The fraction of sp³-hybridized carbons (Fsp3) is 0.982. The molecule has 2 heterocycles. The molecule has 14 heteroatoms. The van der Waals surface area contributed by atoms with E-state index in [-0.39, 0.29) is 12.5 Å². The number of ether oxygens (including phenoxy) is 4. The second-order valence-corrected chi connectivity index (χ2v) is 20.8. The van der Waals surface area contributed by atoms with E-state index in [1.54, 1.807) is 0 Å². The Balaban J connectivity index is 1.63. The van der Waals surface area contributed by atoms with Crippen molar-refractivity contribution in [3.8, 4) is 0 Å². The normalized spacial score (nSPS) is 26.1. The standard InChI is InChI=1S/C55H107NO13/c1-3-5-7-9-11-13-14-15-16-17-18-19-20-21-22-23-24-25-26-27-28-29-30-31-33-35-37-39-47(60)56-43(44(59)38-36-34-32-12-10-8-6-4-2)42-66-54-52(65)50(63)53(46(41-58)68-54)69-55-51(64)49(62)48(61)45(40-57)67-55/h43-46,48-55,57-59,61-65H,3-42H2,1-2H3,(H,56,60). The van der Waals surface area contributed by atoms with E-state index < -0.39 is 86.8 Å². The van der Waals surface area contributed by atoms with Crippen LogP contribution in [-0.2, 0) is 23.7 Å². The van der Waals surface area contributed by atoms with E-state index in [2.05, 4.69) is 19.2 Å². The highest BCUT2D eigenvalue weighted by Gasteiger charge is 2.51. The van der Waals surface area contributed by atoms with E-state index in [4.69, 9.17) is 18.9 Å². The van der Waals surface area contributed by atoms with Crippen molar-refractivity contribution in [2.75, 3.05) is 19.8 Å². The molecule has 2 saturated heterocycles. The molecule has 0 aromatic rings. The second-order valence-electron chi connectivity index (χ2n) is 20.8. The largest absolute Gasteiger partial charge is 0.394 e. The first kappa shape index (κ1) is 64.1. The molecule has 0 aromatic heterocycles. The fourth-order valence-corrected chi connectivity index (χ4v) is 9.89. The first-order valence-corrected chi connectivity index (χ1v) is 28.8. The van der Waals surface area contributed by atoms with Crippen molar-refractivity contribution in [1.29, 1.82) is 0 Å². The van der Waals surface area contributed by atoms with Crippen LogP contribution in [0.25, 0.3) is 0 Å². The predicted octanol–water partition coefficient (Wildman–Crippen LogP) is 8.95. The number of aliphatic hydroxyl groups is 8. The molecule has 2 rings (SSSR count). The highest BCUT2D eigenvalue weighted by Crippen LogP contribution is 2.30. The van der Waals surface area contributed by atoms with Gasteiger partial charge in [0.2, 0.25) is 5.91 Å². The van der Waals surface area contributed by atoms with Crippen molar-refractivity contribution >= 4 is 5.91 Å². The lowest BCUT2D eigenvalue weighted by Gasteiger charge is -2.46. The second kappa shape index (κ2) is 42.4. The van der Waals surface area contributed by atoms with Gasteiger partial charge < -0.3 is 65.1 Å². The number of hydrogen-bond donors (Lipinski definition) is 9. The van der Waals surface area contributed by atoms with Crippen LogP contribution in [0, 0.1) is 0 Å². The molecule has 1 amide bonds. The van der Waals surface area contributed by atoms with E-state index in [0.29, 0.717) is 12.8 Å². The quantitative estimate of drug-likeness (QED) is 0.0260. The Labute approximate surface area is 419 Å². The summed E-state index contributed by atoms with van der Waals surface area (Å²) >= 11 is 0. The summed E-state index contributed by atoms with van der Waals surface area (Å²) in [4.78, 5) is 13.2. The predicted molar refractivity (Wildman–Crippen MR) is 272 cm³/mol. The molecule has 69 heavy (non-hydrogen) atoms. The van der Waals surface area contributed by atoms with Gasteiger partial charge in [-0.3, -0.25) is 4.79 Å². The van der Waals surface area contributed by atoms with E-state index in [9.17, 15) is 45.6 Å². The van der Waals surface area contributed by atoms with Crippen LogP contribution < -0.4 is 5.32 Å². The maximum Gasteiger partial charge on any atom is 0.220 e. The van der Waals surface area contributed by atoms with Gasteiger partial charge >= 0.3 is 0 Å². The first-order chi connectivity index (χ1) is 33.6. The number of rotatable bonds is 46. The van der Waals surface area contributed by atoms with Gasteiger partial charge in [-0.15, -0.1) is 0 Å². The third kappa shape index (κ3) is 28.9. The fourth-order valence-electron chi connectivity index (χ4n) is 9.89. The van der Waals surface area contributed by atoms with Gasteiger partial charge in [-0.1, -0.05) is 232 Å². The molecule has 2 fully saturated rings. The van der Waals surface area contributed by atoms with Crippen molar-refractivity contribution in [1.82, 2.24) is 5.32 Å². The zero-order chi connectivity index (χ0) is 50.3. The van der Waals surface area contributed by atoms with Gasteiger partial charge in [-0.2, -0.15) is 0 Å². The zero-order valence-corrected chi connectivity index (χ0v) is 43.8. The highest BCUT2D eigenvalue weighted by atomic mass is 16.7. The molecule has 0 bridgehead atoms. The Bertz CT molecular complexity index is 1170. The molecule has 9 N–H and O–H groups in total. The third-order valence-electron chi connectivity index (χ3n) is 14.6. The average molecular weight is 990 g/mol. The lowest BCUT2D eigenvalue weighted by atomic mass is 9.97. The maximum atomic E-state index is 13.2. The van der Waals surface area contributed by atoms with Crippen LogP contribution in [0.5, 0.6) is 0 Å². The summed E-state index contributed by atoms with van der Waals surface area (Å²) in [6.07, 6.45) is 28.6. The molecule has 0 aromatic carbocycles. The minimum Gasteiger partial charge on any atom is -0.394 e. The minimum absolute atomic E-state index is 0.204. The average Bonchev–Trinajstić information content (AvgIpc) is 3.35. The molecule has 410 valence electrons. The summed E-state index contributed by atoms with van der Waals surface area (Å²) in [5.41, 5.74) is 0. The summed E-state index contributed by atoms with van der Waals surface area (Å²) in [7, 11) is 0. The first-order valence-electron chi connectivity index (χ1n) is 28.8. The molecule has 0 spiro atoms. The van der Waals surface area contributed by atoms with Gasteiger partial charge in [0, 0.05) is 6.42 Å². The molecular weight excluding hydrogens is 883 g/mol. The van der Waals surface area contributed by atoms with Crippen LogP contribution in [0.2, 0.25) is 0 Å². The van der Waals surface area contributed by atoms with E-state index in [1.165, 1.54) is 173 Å². The van der Waals surface area contributed by atoms with E-state index >= 15 is 0 Å². The van der Waals surface area contributed by atoms with E-state index in [0.717, 1.165) is 51.4 Å². The lowest BCUT2D eigenvalue weighted by molar-refractivity contribution is -0.359. The van der Waals surface area contributed by atoms with Gasteiger partial charge in [0.1, 0.15) is 48.8 Å². The van der Waals surface area contributed by atoms with Crippen molar-refractivity contribution < 1.29 is 64.6 Å². The number of unbranched alkanes of at least 4 members (excludes halogenated alkanes) is 33. The molecular formula is C55H107NO13. The van der Waals surface area contributed by atoms with E-state index in [1.807, 2.05) is 0 Å². The molecule has 2 aliphatic heterocycles. The van der Waals surface area contributed by atoms with Crippen LogP contribution >= 0.6 is 0 Å². The monoisotopic (exact) mass is 990 g/mol. The number of carbonyl (C=O) groups is 1. The molecule has 2 aliphatic rings. The summed E-state index contributed by atoms with van der Waals surface area (Å²) in [6.45, 7) is 2.84. The van der Waals surface area contributed by atoms with Gasteiger partial charge in [0.15, 0.2) is 12.6 Å². The number of nitrogens with one attached hydrogen (secondary N) is 1. The Morgan fingerprint density at radius 3 is 1.23 bits per heavy atom. The van der Waals surface area contributed by atoms with Crippen LogP contribution in [0.3, 0.4) is 0 Å². The summed E-state index contributed by atoms with van der Waals surface area (Å²) in [5.74, 6) is -0.204. The van der Waals surface area contributed by atoms with Crippen LogP contribution in [0.15, 0.2) is 0 Å².